The van der Waals surface area contributed by atoms with E-state index in [0.29, 0.717) is 6.04 Å². The number of nitrogens with zero attached hydrogens (tertiary/aromatic N) is 2. The number of aryl methyl sites for hydroxylation is 1. The van der Waals surface area contributed by atoms with E-state index in [-0.39, 0.29) is 0 Å². The lowest BCUT2D eigenvalue weighted by atomic mass is 10.0. The van der Waals surface area contributed by atoms with Crippen molar-refractivity contribution in [3.05, 3.63) is 29.6 Å². The summed E-state index contributed by atoms with van der Waals surface area (Å²) in [5, 5.41) is 3.43. The summed E-state index contributed by atoms with van der Waals surface area (Å²) in [7, 11) is 0. The van der Waals surface area contributed by atoms with Crippen LogP contribution in [-0.4, -0.2) is 36.1 Å². The van der Waals surface area contributed by atoms with Crippen molar-refractivity contribution in [1.82, 2.24) is 15.2 Å². The second kappa shape index (κ2) is 6.86. The third kappa shape index (κ3) is 3.53. The zero-order valence-electron chi connectivity index (χ0n) is 11.7. The van der Waals surface area contributed by atoms with Gasteiger partial charge in [0.15, 0.2) is 0 Å². The van der Waals surface area contributed by atoms with Crippen molar-refractivity contribution >= 4 is 0 Å². The average molecular weight is 247 g/mol. The Morgan fingerprint density at radius 2 is 2.11 bits per heavy atom. The highest BCUT2D eigenvalue weighted by atomic mass is 15.2. The Hall–Kier alpha value is -0.930. The Labute approximate surface area is 111 Å². The quantitative estimate of drug-likeness (QED) is 0.866. The van der Waals surface area contributed by atoms with Crippen molar-refractivity contribution in [3.8, 4) is 0 Å². The first-order valence-electron chi connectivity index (χ1n) is 7.19. The first-order chi connectivity index (χ1) is 8.81. The third-order valence-electron chi connectivity index (χ3n) is 3.67. The Kier molecular flexibility index (Phi) is 5.14. The van der Waals surface area contributed by atoms with Gasteiger partial charge in [-0.2, -0.15) is 0 Å². The van der Waals surface area contributed by atoms with Crippen molar-refractivity contribution < 1.29 is 0 Å². The Bertz CT molecular complexity index is 359. The van der Waals surface area contributed by atoms with E-state index in [1.165, 1.54) is 25.0 Å². The van der Waals surface area contributed by atoms with Crippen LogP contribution in [0.3, 0.4) is 0 Å². The highest BCUT2D eigenvalue weighted by Gasteiger charge is 2.22. The molecule has 0 aliphatic carbocycles. The molecule has 1 aromatic rings. The van der Waals surface area contributed by atoms with E-state index in [1.54, 1.807) is 0 Å². The van der Waals surface area contributed by atoms with Crippen molar-refractivity contribution in [2.45, 2.75) is 39.2 Å². The number of piperazine rings is 1. The van der Waals surface area contributed by atoms with Crippen LogP contribution in [0, 0.1) is 6.92 Å². The zero-order chi connectivity index (χ0) is 12.8. The van der Waals surface area contributed by atoms with Gasteiger partial charge in [-0.1, -0.05) is 25.8 Å². The summed E-state index contributed by atoms with van der Waals surface area (Å²) in [4.78, 5) is 7.33. The number of unbranched alkanes of at least 4 members (excludes halogenated alkanes) is 1. The van der Waals surface area contributed by atoms with E-state index in [2.05, 4.69) is 42.3 Å². The molecule has 2 rings (SSSR count). The van der Waals surface area contributed by atoms with Crippen LogP contribution in [0.1, 0.15) is 43.6 Å². The molecule has 1 N–H and O–H groups in total. The summed E-state index contributed by atoms with van der Waals surface area (Å²) >= 11 is 0. The smallest absolute Gasteiger partial charge is 0.0578 e. The van der Waals surface area contributed by atoms with Crippen molar-refractivity contribution in [1.29, 1.82) is 0 Å². The maximum Gasteiger partial charge on any atom is 0.0578 e. The predicted octanol–water partition coefficient (Wildman–Crippen LogP) is 2.53. The molecule has 1 fully saturated rings. The number of pyridine rings is 1. The van der Waals surface area contributed by atoms with Gasteiger partial charge in [0.25, 0.3) is 0 Å². The molecular formula is C15H25N3. The Balaban J connectivity index is 2.12. The van der Waals surface area contributed by atoms with Gasteiger partial charge in [-0.05, 0) is 25.5 Å². The topological polar surface area (TPSA) is 28.2 Å². The molecule has 18 heavy (non-hydrogen) atoms. The third-order valence-corrected chi connectivity index (χ3v) is 3.67. The maximum absolute atomic E-state index is 4.74. The molecule has 3 nitrogen and oxygen atoms in total. The summed E-state index contributed by atoms with van der Waals surface area (Å²) in [5.41, 5.74) is 2.38. The molecule has 0 amide bonds. The first kappa shape index (κ1) is 13.5. The molecule has 1 aromatic heterocycles. The van der Waals surface area contributed by atoms with E-state index >= 15 is 0 Å². The number of hydrogen-bond donors (Lipinski definition) is 1. The molecule has 0 unspecified atom stereocenters. The molecule has 100 valence electrons. The van der Waals surface area contributed by atoms with Gasteiger partial charge in [0, 0.05) is 31.9 Å². The van der Waals surface area contributed by atoms with E-state index in [1.807, 2.05) is 0 Å². The van der Waals surface area contributed by atoms with Gasteiger partial charge in [-0.15, -0.1) is 0 Å². The number of nitrogens with one attached hydrogen (secondary N) is 1. The van der Waals surface area contributed by atoms with Crippen molar-refractivity contribution in [2.75, 3.05) is 26.2 Å². The second-order valence-electron chi connectivity index (χ2n) is 5.15. The zero-order valence-corrected chi connectivity index (χ0v) is 11.7. The van der Waals surface area contributed by atoms with Gasteiger partial charge in [-0.3, -0.25) is 9.88 Å². The molecule has 0 radical (unpaired) electrons. The van der Waals surface area contributed by atoms with Gasteiger partial charge in [0.05, 0.1) is 11.7 Å². The highest BCUT2D eigenvalue weighted by molar-refractivity contribution is 5.14. The molecule has 0 aromatic carbocycles. The summed E-state index contributed by atoms with van der Waals surface area (Å²) in [6.07, 6.45) is 3.77. The lowest BCUT2D eigenvalue weighted by Gasteiger charge is -2.34. The number of hydrogen-bond acceptors (Lipinski definition) is 3. The van der Waals surface area contributed by atoms with Crippen LogP contribution in [0.15, 0.2) is 18.2 Å². The molecule has 3 heteroatoms. The molecule has 1 atom stereocenters. The van der Waals surface area contributed by atoms with Crippen LogP contribution in [0.25, 0.3) is 0 Å². The number of rotatable bonds is 5. The van der Waals surface area contributed by atoms with E-state index in [9.17, 15) is 0 Å². The van der Waals surface area contributed by atoms with Gasteiger partial charge in [0.1, 0.15) is 0 Å². The standard InChI is InChI=1S/C15H25N3/c1-3-4-8-15(18-11-9-16-10-12-18)14-7-5-6-13(2)17-14/h5-7,15-16H,3-4,8-12H2,1-2H3/t15-/m0/s1. The number of aromatic nitrogens is 1. The van der Waals surface area contributed by atoms with Crippen molar-refractivity contribution in [2.24, 2.45) is 0 Å². The maximum atomic E-state index is 4.74. The second-order valence-corrected chi connectivity index (χ2v) is 5.15. The predicted molar refractivity (Wildman–Crippen MR) is 75.7 cm³/mol. The summed E-state index contributed by atoms with van der Waals surface area (Å²) in [5.74, 6) is 0. The fraction of sp³-hybridized carbons (Fsp3) is 0.667. The van der Waals surface area contributed by atoms with E-state index < -0.39 is 0 Å². The largest absolute Gasteiger partial charge is 0.314 e. The first-order valence-corrected chi connectivity index (χ1v) is 7.19. The minimum Gasteiger partial charge on any atom is -0.314 e. The minimum absolute atomic E-state index is 0.506. The molecule has 1 aliphatic heterocycles. The molecule has 0 saturated carbocycles. The average Bonchev–Trinajstić information content (AvgIpc) is 2.40. The Morgan fingerprint density at radius 3 is 2.78 bits per heavy atom. The molecule has 1 aliphatic rings. The molecule has 2 heterocycles. The molecular weight excluding hydrogens is 222 g/mol. The van der Waals surface area contributed by atoms with Crippen LogP contribution in [0.4, 0.5) is 0 Å². The lowest BCUT2D eigenvalue weighted by Crippen LogP contribution is -2.45. The normalized spacial score (nSPS) is 18.8. The van der Waals surface area contributed by atoms with Gasteiger partial charge in [-0.25, -0.2) is 0 Å². The van der Waals surface area contributed by atoms with Crippen LogP contribution in [0.5, 0.6) is 0 Å². The highest BCUT2D eigenvalue weighted by Crippen LogP contribution is 2.25. The lowest BCUT2D eigenvalue weighted by molar-refractivity contribution is 0.160. The molecule has 0 bridgehead atoms. The summed E-state index contributed by atoms with van der Waals surface area (Å²) in [6.45, 7) is 8.84. The van der Waals surface area contributed by atoms with Gasteiger partial charge < -0.3 is 5.32 Å². The SMILES string of the molecule is CCCC[C@@H](c1cccc(C)n1)N1CCNCC1. The summed E-state index contributed by atoms with van der Waals surface area (Å²) < 4.78 is 0. The fourth-order valence-corrected chi connectivity index (χ4v) is 2.66. The molecule has 0 spiro atoms. The van der Waals surface area contributed by atoms with E-state index in [0.717, 1.165) is 31.9 Å². The van der Waals surface area contributed by atoms with Crippen LogP contribution in [0.2, 0.25) is 0 Å². The van der Waals surface area contributed by atoms with Crippen LogP contribution < -0.4 is 5.32 Å². The fourth-order valence-electron chi connectivity index (χ4n) is 2.66. The summed E-state index contributed by atoms with van der Waals surface area (Å²) in [6, 6.07) is 6.92. The Morgan fingerprint density at radius 1 is 1.33 bits per heavy atom. The van der Waals surface area contributed by atoms with Crippen LogP contribution in [-0.2, 0) is 0 Å². The molecule has 1 saturated heterocycles. The van der Waals surface area contributed by atoms with E-state index in [4.69, 9.17) is 4.98 Å². The minimum atomic E-state index is 0.506. The van der Waals surface area contributed by atoms with Gasteiger partial charge in [0.2, 0.25) is 0 Å². The monoisotopic (exact) mass is 247 g/mol. The van der Waals surface area contributed by atoms with Gasteiger partial charge >= 0.3 is 0 Å². The van der Waals surface area contributed by atoms with Crippen molar-refractivity contribution in [3.63, 3.8) is 0 Å². The van der Waals surface area contributed by atoms with Crippen LogP contribution >= 0.6 is 0 Å².